The highest BCUT2D eigenvalue weighted by molar-refractivity contribution is 5.78. The van der Waals surface area contributed by atoms with E-state index in [1.54, 1.807) is 24.3 Å². The van der Waals surface area contributed by atoms with E-state index < -0.39 is 12.6 Å². The van der Waals surface area contributed by atoms with Gasteiger partial charge in [-0.1, -0.05) is 12.1 Å². The Kier molecular flexibility index (Phi) is 7.87. The Hall–Kier alpha value is -2.92. The van der Waals surface area contributed by atoms with Crippen LogP contribution in [0.1, 0.15) is 50.8 Å². The van der Waals surface area contributed by atoms with Gasteiger partial charge in [-0.2, -0.15) is 9.97 Å². The number of alkyl halides is 3. The minimum atomic E-state index is -2.75. The fourth-order valence-corrected chi connectivity index (χ4v) is 6.18. The van der Waals surface area contributed by atoms with Gasteiger partial charge in [0.1, 0.15) is 17.8 Å². The Labute approximate surface area is 226 Å². The molecule has 1 saturated carbocycles. The van der Waals surface area contributed by atoms with Crippen molar-refractivity contribution in [3.63, 3.8) is 0 Å². The van der Waals surface area contributed by atoms with Crippen molar-refractivity contribution in [2.75, 3.05) is 56.2 Å². The molecule has 0 bridgehead atoms. The number of anilines is 2. The number of aromatic nitrogens is 4. The Morgan fingerprint density at radius 3 is 2.36 bits per heavy atom. The van der Waals surface area contributed by atoms with Crippen molar-refractivity contribution in [3.05, 3.63) is 36.2 Å². The molecular weight excluding hydrogens is 507 g/mol. The lowest BCUT2D eigenvalue weighted by molar-refractivity contribution is 0.0828. The molecule has 0 unspecified atom stereocenters. The third kappa shape index (κ3) is 5.84. The van der Waals surface area contributed by atoms with Crippen LogP contribution in [0.3, 0.4) is 0 Å². The SMILES string of the molecule is FC1CCN(C2CCC(CNc3nc(N4CCOCC4)cc(-n4c(C(F)F)nc5ccccc54)n3)CC2)CC1. The van der Waals surface area contributed by atoms with Crippen LogP contribution in [0.25, 0.3) is 16.9 Å². The molecule has 11 heteroatoms. The second kappa shape index (κ2) is 11.7. The Morgan fingerprint density at radius 2 is 1.62 bits per heavy atom. The number of para-hydroxylation sites is 2. The molecule has 1 aromatic carbocycles. The lowest BCUT2D eigenvalue weighted by Crippen LogP contribution is -2.44. The number of likely N-dealkylation sites (tertiary alicyclic amines) is 1. The molecule has 1 N–H and O–H groups in total. The van der Waals surface area contributed by atoms with Gasteiger partial charge >= 0.3 is 0 Å². The van der Waals surface area contributed by atoms with E-state index in [1.165, 1.54) is 4.57 Å². The van der Waals surface area contributed by atoms with Crippen molar-refractivity contribution in [1.82, 2.24) is 24.4 Å². The summed E-state index contributed by atoms with van der Waals surface area (Å²) < 4.78 is 48.7. The Bertz CT molecular complexity index is 1250. The summed E-state index contributed by atoms with van der Waals surface area (Å²) in [5.41, 5.74) is 1.09. The first-order chi connectivity index (χ1) is 19.0. The molecule has 0 amide bonds. The molecule has 6 rings (SSSR count). The molecule has 3 aromatic rings. The van der Waals surface area contributed by atoms with E-state index in [9.17, 15) is 13.2 Å². The van der Waals surface area contributed by atoms with Crippen molar-refractivity contribution in [3.8, 4) is 5.82 Å². The van der Waals surface area contributed by atoms with Gasteiger partial charge in [0.25, 0.3) is 6.43 Å². The van der Waals surface area contributed by atoms with Crippen LogP contribution in [0.5, 0.6) is 0 Å². The Morgan fingerprint density at radius 1 is 0.897 bits per heavy atom. The molecule has 2 aliphatic heterocycles. The van der Waals surface area contributed by atoms with Crippen LogP contribution in [0.2, 0.25) is 0 Å². The highest BCUT2D eigenvalue weighted by atomic mass is 19.3. The van der Waals surface area contributed by atoms with Gasteiger partial charge in [0.2, 0.25) is 5.95 Å². The fourth-order valence-electron chi connectivity index (χ4n) is 6.18. The molecule has 2 aromatic heterocycles. The van der Waals surface area contributed by atoms with Gasteiger partial charge in [0.05, 0.1) is 24.2 Å². The molecule has 3 aliphatic rings. The summed E-state index contributed by atoms with van der Waals surface area (Å²) in [6, 6.07) is 9.43. The maximum absolute atomic E-state index is 14.1. The van der Waals surface area contributed by atoms with Crippen LogP contribution < -0.4 is 10.2 Å². The molecule has 0 atom stereocenters. The third-order valence-electron chi connectivity index (χ3n) is 8.39. The monoisotopic (exact) mass is 543 g/mol. The summed E-state index contributed by atoms with van der Waals surface area (Å²) in [4.78, 5) is 18.3. The molecule has 4 heterocycles. The zero-order valence-electron chi connectivity index (χ0n) is 22.1. The molecule has 2 saturated heterocycles. The maximum Gasteiger partial charge on any atom is 0.296 e. The minimum Gasteiger partial charge on any atom is -0.378 e. The largest absolute Gasteiger partial charge is 0.378 e. The summed E-state index contributed by atoms with van der Waals surface area (Å²) in [6.45, 7) is 4.97. The van der Waals surface area contributed by atoms with Crippen molar-refractivity contribution in [1.29, 1.82) is 0 Å². The van der Waals surface area contributed by atoms with Gasteiger partial charge < -0.3 is 19.9 Å². The number of rotatable bonds is 7. The number of hydrogen-bond donors (Lipinski definition) is 1. The highest BCUT2D eigenvalue weighted by Crippen LogP contribution is 2.31. The van der Waals surface area contributed by atoms with Gasteiger partial charge in [-0.05, 0) is 56.6 Å². The van der Waals surface area contributed by atoms with E-state index in [2.05, 4.69) is 20.1 Å². The summed E-state index contributed by atoms with van der Waals surface area (Å²) in [7, 11) is 0. The number of morpholine rings is 1. The number of nitrogens with zero attached hydrogens (tertiary/aromatic N) is 6. The smallest absolute Gasteiger partial charge is 0.296 e. The molecule has 39 heavy (non-hydrogen) atoms. The maximum atomic E-state index is 14.1. The number of hydrogen-bond acceptors (Lipinski definition) is 7. The van der Waals surface area contributed by atoms with E-state index in [4.69, 9.17) is 14.7 Å². The van der Waals surface area contributed by atoms with E-state index >= 15 is 0 Å². The van der Waals surface area contributed by atoms with Gasteiger partial charge in [-0.25, -0.2) is 18.2 Å². The van der Waals surface area contributed by atoms with Gasteiger partial charge in [-0.3, -0.25) is 4.57 Å². The molecule has 210 valence electrons. The quantitative estimate of drug-likeness (QED) is 0.450. The molecule has 0 radical (unpaired) electrons. The molecule has 0 spiro atoms. The van der Waals surface area contributed by atoms with Crippen LogP contribution in [0, 0.1) is 5.92 Å². The van der Waals surface area contributed by atoms with Gasteiger partial charge in [-0.15, -0.1) is 0 Å². The number of fused-ring (bicyclic) bond motifs is 1. The Balaban J connectivity index is 1.21. The van der Waals surface area contributed by atoms with Crippen LogP contribution in [-0.4, -0.2) is 82.6 Å². The van der Waals surface area contributed by atoms with Crippen molar-refractivity contribution >= 4 is 22.8 Å². The average molecular weight is 544 g/mol. The lowest BCUT2D eigenvalue weighted by Gasteiger charge is -2.39. The average Bonchev–Trinajstić information content (AvgIpc) is 3.37. The van der Waals surface area contributed by atoms with Crippen molar-refractivity contribution < 1.29 is 17.9 Å². The van der Waals surface area contributed by atoms with Crippen LogP contribution >= 0.6 is 0 Å². The first kappa shape index (κ1) is 26.3. The van der Waals surface area contributed by atoms with Crippen LogP contribution in [0.15, 0.2) is 30.3 Å². The standard InChI is InChI=1S/C28H36F3N7O/c29-20-9-11-36(12-10-20)21-7-5-19(6-8-21)18-32-28-34-24(37-13-15-39-16-14-37)17-25(35-28)38-23-4-2-1-3-22(23)33-27(38)26(30)31/h1-4,17,19-21,26H,5-16,18H2,(H,32,34,35). The second-order valence-electron chi connectivity index (χ2n) is 10.9. The number of benzene rings is 1. The number of imidazole rings is 1. The van der Waals surface area contributed by atoms with Crippen molar-refractivity contribution in [2.24, 2.45) is 5.92 Å². The molecule has 3 fully saturated rings. The summed E-state index contributed by atoms with van der Waals surface area (Å²) in [5.74, 6) is 1.63. The van der Waals surface area contributed by atoms with E-state index in [-0.39, 0.29) is 5.82 Å². The molecule has 1 aliphatic carbocycles. The van der Waals surface area contributed by atoms with Crippen LogP contribution in [0.4, 0.5) is 24.9 Å². The zero-order chi connectivity index (χ0) is 26.8. The topological polar surface area (TPSA) is 71.3 Å². The number of piperidine rings is 1. The van der Waals surface area contributed by atoms with E-state index in [0.29, 0.717) is 79.7 Å². The zero-order valence-corrected chi connectivity index (χ0v) is 22.1. The summed E-state index contributed by atoms with van der Waals surface area (Å²) in [6.07, 6.45) is 2.32. The predicted octanol–water partition coefficient (Wildman–Crippen LogP) is 4.99. The lowest BCUT2D eigenvalue weighted by atomic mass is 9.84. The third-order valence-corrected chi connectivity index (χ3v) is 8.39. The number of ether oxygens (including phenoxy) is 1. The predicted molar refractivity (Wildman–Crippen MR) is 145 cm³/mol. The summed E-state index contributed by atoms with van der Waals surface area (Å²) >= 11 is 0. The second-order valence-corrected chi connectivity index (χ2v) is 10.9. The van der Waals surface area contributed by atoms with E-state index in [1.807, 2.05) is 6.07 Å². The first-order valence-corrected chi connectivity index (χ1v) is 14.1. The summed E-state index contributed by atoms with van der Waals surface area (Å²) in [5, 5.41) is 3.43. The first-order valence-electron chi connectivity index (χ1n) is 14.1. The van der Waals surface area contributed by atoms with Gasteiger partial charge in [0.15, 0.2) is 5.82 Å². The van der Waals surface area contributed by atoms with E-state index in [0.717, 1.165) is 45.3 Å². The normalized spacial score (nSPS) is 23.5. The molecule has 8 nitrogen and oxygen atoms in total. The number of halogens is 3. The highest BCUT2D eigenvalue weighted by Gasteiger charge is 2.29. The van der Waals surface area contributed by atoms with Crippen LogP contribution in [-0.2, 0) is 4.74 Å². The van der Waals surface area contributed by atoms with Crippen molar-refractivity contribution in [2.45, 2.75) is 57.2 Å². The fraction of sp³-hybridized carbons (Fsp3) is 0.607. The minimum absolute atomic E-state index is 0.330. The van der Waals surface area contributed by atoms with Gasteiger partial charge in [0, 0.05) is 44.8 Å². The molecular formula is C28H36F3N7O. The number of nitrogens with one attached hydrogen (secondary N) is 1.